The van der Waals surface area contributed by atoms with Gasteiger partial charge < -0.3 is 10.4 Å². The minimum atomic E-state index is 0.257. The molecule has 0 saturated heterocycles. The molecule has 0 amide bonds. The first kappa shape index (κ1) is 12.2. The molecule has 2 unspecified atom stereocenters. The minimum absolute atomic E-state index is 0.257. The highest BCUT2D eigenvalue weighted by molar-refractivity contribution is 5.18. The molecule has 0 fully saturated rings. The highest BCUT2D eigenvalue weighted by Gasteiger charge is 2.05. The van der Waals surface area contributed by atoms with Gasteiger partial charge in [0.15, 0.2) is 0 Å². The Bertz CT molecular complexity index is 260. The van der Waals surface area contributed by atoms with Gasteiger partial charge in [-0.3, -0.25) is 0 Å². The summed E-state index contributed by atoms with van der Waals surface area (Å²) in [5.41, 5.74) is 1.36. The van der Waals surface area contributed by atoms with Gasteiger partial charge in [0.1, 0.15) is 0 Å². The molecule has 0 aliphatic heterocycles. The Morgan fingerprint density at radius 1 is 1.13 bits per heavy atom. The summed E-state index contributed by atoms with van der Waals surface area (Å²) in [6, 6.07) is 10.5. The van der Waals surface area contributed by atoms with Crippen LogP contribution in [0.3, 0.4) is 0 Å². The summed E-state index contributed by atoms with van der Waals surface area (Å²) >= 11 is 0. The largest absolute Gasteiger partial charge is 0.396 e. The second kappa shape index (κ2) is 6.59. The van der Waals surface area contributed by atoms with Gasteiger partial charge >= 0.3 is 0 Å². The Balaban J connectivity index is 2.28. The van der Waals surface area contributed by atoms with E-state index in [9.17, 15) is 0 Å². The van der Waals surface area contributed by atoms with Crippen molar-refractivity contribution < 1.29 is 5.11 Å². The predicted octanol–water partition coefficient (Wildman–Crippen LogP) is 2.01. The van der Waals surface area contributed by atoms with Gasteiger partial charge in [-0.1, -0.05) is 44.2 Å². The van der Waals surface area contributed by atoms with E-state index >= 15 is 0 Å². The average molecular weight is 207 g/mol. The number of benzene rings is 1. The zero-order valence-corrected chi connectivity index (χ0v) is 9.61. The molecule has 2 atom stereocenters. The minimum Gasteiger partial charge on any atom is -0.396 e. The third kappa shape index (κ3) is 4.45. The summed E-state index contributed by atoms with van der Waals surface area (Å²) in [6.45, 7) is 6.36. The maximum absolute atomic E-state index is 8.88. The van der Waals surface area contributed by atoms with Crippen molar-refractivity contribution >= 4 is 0 Å². The number of hydrogen-bond donors (Lipinski definition) is 2. The quantitative estimate of drug-likeness (QED) is 0.748. The van der Waals surface area contributed by atoms with Crippen molar-refractivity contribution in [1.82, 2.24) is 5.32 Å². The lowest BCUT2D eigenvalue weighted by Gasteiger charge is -2.14. The Kier molecular flexibility index (Phi) is 5.37. The maximum Gasteiger partial charge on any atom is 0.0468 e. The van der Waals surface area contributed by atoms with Gasteiger partial charge in [-0.2, -0.15) is 0 Å². The van der Waals surface area contributed by atoms with E-state index in [0.29, 0.717) is 11.8 Å². The smallest absolute Gasteiger partial charge is 0.0468 e. The molecule has 1 rings (SSSR count). The highest BCUT2D eigenvalue weighted by atomic mass is 16.3. The van der Waals surface area contributed by atoms with Gasteiger partial charge in [-0.25, -0.2) is 0 Å². The summed E-state index contributed by atoms with van der Waals surface area (Å²) in [5, 5.41) is 12.3. The topological polar surface area (TPSA) is 32.3 Å². The summed E-state index contributed by atoms with van der Waals surface area (Å²) < 4.78 is 0. The van der Waals surface area contributed by atoms with Gasteiger partial charge in [-0.05, 0) is 23.9 Å². The van der Waals surface area contributed by atoms with Crippen LogP contribution in [0.4, 0.5) is 0 Å². The van der Waals surface area contributed by atoms with E-state index in [0.717, 1.165) is 13.1 Å². The Morgan fingerprint density at radius 3 is 2.40 bits per heavy atom. The van der Waals surface area contributed by atoms with Crippen LogP contribution in [0, 0.1) is 5.92 Å². The predicted molar refractivity (Wildman–Crippen MR) is 64.0 cm³/mol. The summed E-state index contributed by atoms with van der Waals surface area (Å²) in [6.07, 6.45) is 0. The van der Waals surface area contributed by atoms with Crippen LogP contribution in [0.25, 0.3) is 0 Å². The molecule has 84 valence electrons. The molecule has 0 spiro atoms. The molecule has 2 heteroatoms. The van der Waals surface area contributed by atoms with Crippen molar-refractivity contribution in [3.8, 4) is 0 Å². The molecule has 1 aromatic carbocycles. The standard InChI is InChI=1S/C13H21NO/c1-11(10-15)8-14-9-12(2)13-6-4-3-5-7-13/h3-7,11-12,14-15H,8-10H2,1-2H3. The number of aliphatic hydroxyl groups is 1. The fraction of sp³-hybridized carbons (Fsp3) is 0.538. The van der Waals surface area contributed by atoms with E-state index < -0.39 is 0 Å². The SMILES string of the molecule is CC(CO)CNCC(C)c1ccccc1. The second-order valence-electron chi connectivity index (χ2n) is 4.26. The van der Waals surface area contributed by atoms with E-state index in [-0.39, 0.29) is 6.61 Å². The van der Waals surface area contributed by atoms with Gasteiger partial charge in [0.25, 0.3) is 0 Å². The lowest BCUT2D eigenvalue weighted by Crippen LogP contribution is -2.26. The fourth-order valence-electron chi connectivity index (χ4n) is 1.51. The van der Waals surface area contributed by atoms with E-state index in [1.54, 1.807) is 0 Å². The van der Waals surface area contributed by atoms with Crippen LogP contribution in [0.15, 0.2) is 30.3 Å². The summed E-state index contributed by atoms with van der Waals surface area (Å²) in [5.74, 6) is 0.866. The first-order chi connectivity index (χ1) is 7.24. The second-order valence-corrected chi connectivity index (χ2v) is 4.26. The normalized spacial score (nSPS) is 14.9. The fourth-order valence-corrected chi connectivity index (χ4v) is 1.51. The van der Waals surface area contributed by atoms with Gasteiger partial charge in [0.05, 0.1) is 0 Å². The Hall–Kier alpha value is -0.860. The van der Waals surface area contributed by atoms with Crippen molar-refractivity contribution in [2.75, 3.05) is 19.7 Å². The van der Waals surface area contributed by atoms with Crippen LogP contribution < -0.4 is 5.32 Å². The Morgan fingerprint density at radius 2 is 1.80 bits per heavy atom. The highest BCUT2D eigenvalue weighted by Crippen LogP contribution is 2.12. The van der Waals surface area contributed by atoms with Crippen LogP contribution in [-0.2, 0) is 0 Å². The number of hydrogen-bond acceptors (Lipinski definition) is 2. The maximum atomic E-state index is 8.88. The van der Waals surface area contributed by atoms with Crippen molar-refractivity contribution in [3.63, 3.8) is 0 Å². The van der Waals surface area contributed by atoms with E-state index in [4.69, 9.17) is 5.11 Å². The number of nitrogens with one attached hydrogen (secondary N) is 1. The lowest BCUT2D eigenvalue weighted by atomic mass is 10.0. The number of aliphatic hydroxyl groups excluding tert-OH is 1. The third-order valence-electron chi connectivity index (χ3n) is 2.62. The van der Waals surface area contributed by atoms with Gasteiger partial charge in [0, 0.05) is 13.2 Å². The molecule has 0 aliphatic carbocycles. The van der Waals surface area contributed by atoms with Crippen LogP contribution in [-0.4, -0.2) is 24.8 Å². The van der Waals surface area contributed by atoms with Crippen LogP contribution in [0.5, 0.6) is 0 Å². The lowest BCUT2D eigenvalue weighted by molar-refractivity contribution is 0.233. The zero-order valence-electron chi connectivity index (χ0n) is 9.61. The van der Waals surface area contributed by atoms with Crippen molar-refractivity contribution in [3.05, 3.63) is 35.9 Å². The van der Waals surface area contributed by atoms with Crippen LogP contribution >= 0.6 is 0 Å². The molecule has 0 aromatic heterocycles. The third-order valence-corrected chi connectivity index (χ3v) is 2.62. The zero-order chi connectivity index (χ0) is 11.1. The molecule has 15 heavy (non-hydrogen) atoms. The molecule has 2 N–H and O–H groups in total. The van der Waals surface area contributed by atoms with E-state index in [1.165, 1.54) is 5.56 Å². The molecular weight excluding hydrogens is 186 g/mol. The first-order valence-electron chi connectivity index (χ1n) is 5.60. The summed E-state index contributed by atoms with van der Waals surface area (Å²) in [4.78, 5) is 0. The summed E-state index contributed by atoms with van der Waals surface area (Å²) in [7, 11) is 0. The average Bonchev–Trinajstić information content (AvgIpc) is 2.29. The van der Waals surface area contributed by atoms with Crippen molar-refractivity contribution in [1.29, 1.82) is 0 Å². The Labute approximate surface area is 92.3 Å². The van der Waals surface area contributed by atoms with E-state index in [1.807, 2.05) is 13.0 Å². The molecule has 1 aromatic rings. The molecule has 0 heterocycles. The van der Waals surface area contributed by atoms with Gasteiger partial charge in [-0.15, -0.1) is 0 Å². The van der Waals surface area contributed by atoms with Crippen molar-refractivity contribution in [2.24, 2.45) is 5.92 Å². The first-order valence-corrected chi connectivity index (χ1v) is 5.60. The molecule has 0 aliphatic rings. The monoisotopic (exact) mass is 207 g/mol. The van der Waals surface area contributed by atoms with Gasteiger partial charge in [0.2, 0.25) is 0 Å². The molecule has 2 nitrogen and oxygen atoms in total. The number of rotatable bonds is 6. The molecule has 0 bridgehead atoms. The van der Waals surface area contributed by atoms with Crippen molar-refractivity contribution in [2.45, 2.75) is 19.8 Å². The van der Waals surface area contributed by atoms with E-state index in [2.05, 4.69) is 36.5 Å². The molecule has 0 saturated carbocycles. The van der Waals surface area contributed by atoms with Crippen LogP contribution in [0.1, 0.15) is 25.3 Å². The van der Waals surface area contributed by atoms with Crippen LogP contribution in [0.2, 0.25) is 0 Å². The molecular formula is C13H21NO. The molecule has 0 radical (unpaired) electrons.